The lowest BCUT2D eigenvalue weighted by Crippen LogP contribution is -2.19. The molecule has 1 aromatic rings. The zero-order valence-electron chi connectivity index (χ0n) is 10.6. The van der Waals surface area contributed by atoms with Crippen molar-refractivity contribution in [1.82, 2.24) is 5.32 Å². The van der Waals surface area contributed by atoms with E-state index in [2.05, 4.69) is 38.2 Å². The Bertz CT molecular complexity index is 297. The van der Waals surface area contributed by atoms with Gasteiger partial charge in [0.15, 0.2) is 0 Å². The smallest absolute Gasteiger partial charge is 0.123 e. The quantitative estimate of drug-likeness (QED) is 0.763. The highest BCUT2D eigenvalue weighted by Crippen LogP contribution is 2.17. The lowest BCUT2D eigenvalue weighted by Gasteiger charge is -2.12. The third-order valence-corrected chi connectivity index (χ3v) is 2.30. The average Bonchev–Trinajstić information content (AvgIpc) is 2.27. The molecule has 1 N–H and O–H groups in total. The molecule has 1 aromatic carbocycles. The van der Waals surface area contributed by atoms with E-state index in [1.54, 1.807) is 0 Å². The monoisotopic (exact) mass is 221 g/mol. The topological polar surface area (TPSA) is 21.3 Å². The van der Waals surface area contributed by atoms with Crippen LogP contribution in [0.5, 0.6) is 5.75 Å². The van der Waals surface area contributed by atoms with Crippen molar-refractivity contribution in [2.24, 2.45) is 5.92 Å². The Morgan fingerprint density at radius 2 is 2.00 bits per heavy atom. The van der Waals surface area contributed by atoms with Crippen LogP contribution in [0.25, 0.3) is 0 Å². The minimum absolute atomic E-state index is 0.684. The largest absolute Gasteiger partial charge is 0.493 e. The maximum atomic E-state index is 5.70. The summed E-state index contributed by atoms with van der Waals surface area (Å²) >= 11 is 0. The summed E-state index contributed by atoms with van der Waals surface area (Å²) in [6, 6.07) is 8.25. The third kappa shape index (κ3) is 4.67. The van der Waals surface area contributed by atoms with Gasteiger partial charge in [-0.1, -0.05) is 39.0 Å². The van der Waals surface area contributed by atoms with E-state index in [1.165, 1.54) is 5.56 Å². The molecule has 0 bridgehead atoms. The van der Waals surface area contributed by atoms with Gasteiger partial charge < -0.3 is 10.1 Å². The van der Waals surface area contributed by atoms with Crippen molar-refractivity contribution in [1.29, 1.82) is 0 Å². The highest BCUT2D eigenvalue weighted by atomic mass is 16.5. The normalized spacial score (nSPS) is 10.8. The predicted molar refractivity (Wildman–Crippen MR) is 68.8 cm³/mol. The van der Waals surface area contributed by atoms with E-state index in [4.69, 9.17) is 4.74 Å². The summed E-state index contributed by atoms with van der Waals surface area (Å²) in [7, 11) is 0. The molecule has 0 aliphatic rings. The van der Waals surface area contributed by atoms with Crippen LogP contribution in [0.4, 0.5) is 0 Å². The number of hydrogen-bond donors (Lipinski definition) is 1. The fourth-order valence-corrected chi connectivity index (χ4v) is 1.50. The molecule has 0 amide bonds. The van der Waals surface area contributed by atoms with Gasteiger partial charge >= 0.3 is 0 Å². The molecule has 0 atom stereocenters. The Morgan fingerprint density at radius 3 is 2.69 bits per heavy atom. The third-order valence-electron chi connectivity index (χ3n) is 2.30. The van der Waals surface area contributed by atoms with Gasteiger partial charge in [-0.05, 0) is 24.9 Å². The first kappa shape index (κ1) is 13.0. The first-order valence-electron chi connectivity index (χ1n) is 6.15. The lowest BCUT2D eigenvalue weighted by molar-refractivity contribution is 0.313. The summed E-state index contributed by atoms with van der Waals surface area (Å²) in [6.45, 7) is 9.28. The maximum Gasteiger partial charge on any atom is 0.123 e. The molecule has 16 heavy (non-hydrogen) atoms. The van der Waals surface area contributed by atoms with Crippen LogP contribution in [-0.2, 0) is 6.54 Å². The highest BCUT2D eigenvalue weighted by Gasteiger charge is 2.02. The van der Waals surface area contributed by atoms with Crippen LogP contribution >= 0.6 is 0 Å². The molecule has 2 nitrogen and oxygen atoms in total. The second kappa shape index (κ2) is 7.29. The van der Waals surface area contributed by atoms with Gasteiger partial charge in [0.25, 0.3) is 0 Å². The molecule has 90 valence electrons. The molecular formula is C14H23NO. The Morgan fingerprint density at radius 1 is 1.25 bits per heavy atom. The molecule has 0 aliphatic heterocycles. The molecule has 0 saturated heterocycles. The van der Waals surface area contributed by atoms with Crippen LogP contribution in [0.3, 0.4) is 0 Å². The molecule has 2 heteroatoms. The van der Waals surface area contributed by atoms with Crippen LogP contribution in [0, 0.1) is 5.92 Å². The zero-order valence-corrected chi connectivity index (χ0v) is 10.6. The van der Waals surface area contributed by atoms with E-state index in [1.807, 2.05) is 12.1 Å². The predicted octanol–water partition coefficient (Wildman–Crippen LogP) is 3.22. The van der Waals surface area contributed by atoms with Gasteiger partial charge in [0.1, 0.15) is 5.75 Å². The van der Waals surface area contributed by atoms with Crippen molar-refractivity contribution in [2.75, 3.05) is 13.2 Å². The van der Waals surface area contributed by atoms with Crippen molar-refractivity contribution in [2.45, 2.75) is 33.7 Å². The number of hydrogen-bond acceptors (Lipinski definition) is 2. The van der Waals surface area contributed by atoms with E-state index in [9.17, 15) is 0 Å². The second-order valence-electron chi connectivity index (χ2n) is 4.48. The van der Waals surface area contributed by atoms with Crippen molar-refractivity contribution in [3.8, 4) is 5.75 Å². The van der Waals surface area contributed by atoms with Gasteiger partial charge in [-0.25, -0.2) is 0 Å². The van der Waals surface area contributed by atoms with Crippen molar-refractivity contribution < 1.29 is 4.74 Å². The van der Waals surface area contributed by atoms with Crippen LogP contribution in [0.1, 0.15) is 32.8 Å². The van der Waals surface area contributed by atoms with Crippen molar-refractivity contribution in [3.05, 3.63) is 29.8 Å². The van der Waals surface area contributed by atoms with Crippen molar-refractivity contribution >= 4 is 0 Å². The first-order chi connectivity index (χ1) is 7.74. The Hall–Kier alpha value is -1.02. The molecular weight excluding hydrogens is 198 g/mol. The number of benzene rings is 1. The molecule has 1 rings (SSSR count). The summed E-state index contributed by atoms with van der Waals surface area (Å²) in [4.78, 5) is 0. The van der Waals surface area contributed by atoms with E-state index >= 15 is 0 Å². The standard InChI is InChI=1S/C14H23NO/c1-4-9-16-14-8-6-5-7-13(14)11-15-10-12(2)3/h5-8,12,15H,4,9-11H2,1-3H3. The van der Waals surface area contributed by atoms with Gasteiger partial charge in [-0.3, -0.25) is 0 Å². The van der Waals surface area contributed by atoms with Crippen molar-refractivity contribution in [3.63, 3.8) is 0 Å². The van der Waals surface area contributed by atoms with Crippen LogP contribution < -0.4 is 10.1 Å². The van der Waals surface area contributed by atoms with Gasteiger partial charge in [0, 0.05) is 12.1 Å². The SMILES string of the molecule is CCCOc1ccccc1CNCC(C)C. The summed E-state index contributed by atoms with van der Waals surface area (Å²) < 4.78 is 5.70. The average molecular weight is 221 g/mol. The van der Waals surface area contributed by atoms with E-state index < -0.39 is 0 Å². The number of ether oxygens (including phenoxy) is 1. The molecule has 0 radical (unpaired) electrons. The first-order valence-corrected chi connectivity index (χ1v) is 6.15. The van der Waals surface area contributed by atoms with Gasteiger partial charge in [-0.2, -0.15) is 0 Å². The Balaban J connectivity index is 2.49. The highest BCUT2D eigenvalue weighted by molar-refractivity contribution is 5.33. The Labute approximate surface area is 99.0 Å². The van der Waals surface area contributed by atoms with E-state index in [-0.39, 0.29) is 0 Å². The fourth-order valence-electron chi connectivity index (χ4n) is 1.50. The summed E-state index contributed by atoms with van der Waals surface area (Å²) in [5, 5.41) is 3.44. The number of para-hydroxylation sites is 1. The van der Waals surface area contributed by atoms with Gasteiger partial charge in [-0.15, -0.1) is 0 Å². The molecule has 0 spiro atoms. The molecule has 0 aliphatic carbocycles. The molecule has 0 unspecified atom stereocenters. The van der Waals surface area contributed by atoms with E-state index in [0.717, 1.165) is 31.9 Å². The maximum absolute atomic E-state index is 5.70. The van der Waals surface area contributed by atoms with Gasteiger partial charge in [0.05, 0.1) is 6.61 Å². The van der Waals surface area contributed by atoms with Crippen LogP contribution in [-0.4, -0.2) is 13.2 Å². The van der Waals surface area contributed by atoms with Gasteiger partial charge in [0.2, 0.25) is 0 Å². The lowest BCUT2D eigenvalue weighted by atomic mass is 10.2. The zero-order chi connectivity index (χ0) is 11.8. The number of nitrogens with one attached hydrogen (secondary N) is 1. The summed E-state index contributed by atoms with van der Waals surface area (Å²) in [5.41, 5.74) is 1.25. The van der Waals surface area contributed by atoms with Crippen LogP contribution in [0.2, 0.25) is 0 Å². The van der Waals surface area contributed by atoms with Crippen LogP contribution in [0.15, 0.2) is 24.3 Å². The molecule has 0 saturated carbocycles. The second-order valence-corrected chi connectivity index (χ2v) is 4.48. The number of rotatable bonds is 7. The molecule has 0 aromatic heterocycles. The summed E-state index contributed by atoms with van der Waals surface area (Å²) in [6.07, 6.45) is 1.05. The van der Waals surface area contributed by atoms with E-state index in [0.29, 0.717) is 5.92 Å². The molecule has 0 heterocycles. The Kier molecular flexibility index (Phi) is 5.94. The fraction of sp³-hybridized carbons (Fsp3) is 0.571. The summed E-state index contributed by atoms with van der Waals surface area (Å²) in [5.74, 6) is 1.70. The molecule has 0 fully saturated rings. The minimum Gasteiger partial charge on any atom is -0.493 e. The minimum atomic E-state index is 0.684.